The summed E-state index contributed by atoms with van der Waals surface area (Å²) >= 11 is 0. The van der Waals surface area contributed by atoms with Gasteiger partial charge in [-0.2, -0.15) is 0 Å². The minimum atomic E-state index is 0.364. The number of hydrogen-bond donors (Lipinski definition) is 0. The van der Waals surface area contributed by atoms with Gasteiger partial charge in [-0.3, -0.25) is 0 Å². The van der Waals surface area contributed by atoms with Crippen molar-refractivity contribution in [1.29, 1.82) is 0 Å². The van der Waals surface area contributed by atoms with E-state index in [9.17, 15) is 4.79 Å². The normalized spacial score (nSPS) is 41.9. The number of nitrogens with zero attached hydrogens (tertiary/aromatic N) is 1. The topological polar surface area (TPSA) is 29.4 Å². The fourth-order valence-corrected chi connectivity index (χ4v) is 3.10. The third kappa shape index (κ3) is 1.44. The predicted octanol–water partition coefficient (Wildman–Crippen LogP) is 2.54. The van der Waals surface area contributed by atoms with E-state index in [-0.39, 0.29) is 0 Å². The van der Waals surface area contributed by atoms with Gasteiger partial charge in [0.05, 0.1) is 6.54 Å². The highest BCUT2D eigenvalue weighted by molar-refractivity contribution is 5.33. The van der Waals surface area contributed by atoms with Crippen molar-refractivity contribution in [1.82, 2.24) is 0 Å². The molecule has 2 aliphatic rings. The molecule has 2 heteroatoms. The van der Waals surface area contributed by atoms with Crippen LogP contribution in [0.4, 0.5) is 0 Å². The Bertz CT molecular complexity index is 230. The third-order valence-electron chi connectivity index (χ3n) is 4.19. The second kappa shape index (κ2) is 3.26. The lowest BCUT2D eigenvalue weighted by Crippen LogP contribution is -2.19. The van der Waals surface area contributed by atoms with Gasteiger partial charge in [0, 0.05) is 0 Å². The standard InChI is InChI=1S/C11H17NO/c1-2-11(7-12-8-13)5-9-3-4-10(9)6-11/h9-10H,2-7H2,1H3/t9-,10+,11-. The van der Waals surface area contributed by atoms with Crippen LogP contribution in [0.15, 0.2) is 4.99 Å². The zero-order chi connectivity index (χ0) is 9.31. The Morgan fingerprint density at radius 1 is 1.38 bits per heavy atom. The fraction of sp³-hybridized carbons (Fsp3) is 0.909. The largest absolute Gasteiger partial charge is 0.234 e. The second-order valence-electron chi connectivity index (χ2n) is 4.77. The summed E-state index contributed by atoms with van der Waals surface area (Å²) in [6.07, 6.45) is 8.29. The van der Waals surface area contributed by atoms with Gasteiger partial charge in [0.2, 0.25) is 6.08 Å². The maximum atomic E-state index is 10.1. The third-order valence-corrected chi connectivity index (χ3v) is 4.19. The van der Waals surface area contributed by atoms with Crippen molar-refractivity contribution in [2.45, 2.75) is 39.0 Å². The van der Waals surface area contributed by atoms with E-state index in [0.717, 1.165) is 18.4 Å². The smallest absolute Gasteiger partial charge is 0.211 e. The Morgan fingerprint density at radius 2 is 2.00 bits per heavy atom. The molecule has 0 aromatic rings. The summed E-state index contributed by atoms with van der Waals surface area (Å²) in [7, 11) is 0. The lowest BCUT2D eigenvalue weighted by molar-refractivity contribution is 0.219. The van der Waals surface area contributed by atoms with Gasteiger partial charge in [-0.1, -0.05) is 6.92 Å². The summed E-state index contributed by atoms with van der Waals surface area (Å²) in [6, 6.07) is 0. The van der Waals surface area contributed by atoms with Crippen molar-refractivity contribution in [3.63, 3.8) is 0 Å². The van der Waals surface area contributed by atoms with Gasteiger partial charge in [-0.05, 0) is 49.4 Å². The molecule has 3 atom stereocenters. The number of fused-ring (bicyclic) bond motifs is 1. The summed E-state index contributed by atoms with van der Waals surface area (Å²) in [6.45, 7) is 2.95. The molecule has 0 spiro atoms. The van der Waals surface area contributed by atoms with Gasteiger partial charge >= 0.3 is 0 Å². The van der Waals surface area contributed by atoms with Crippen molar-refractivity contribution in [2.24, 2.45) is 22.2 Å². The van der Waals surface area contributed by atoms with Crippen molar-refractivity contribution in [3.05, 3.63) is 0 Å². The summed E-state index contributed by atoms with van der Waals surface area (Å²) in [4.78, 5) is 13.9. The fourth-order valence-electron chi connectivity index (χ4n) is 3.10. The number of aliphatic imine (C=N–C) groups is 1. The van der Waals surface area contributed by atoms with Gasteiger partial charge in [0.25, 0.3) is 0 Å². The highest BCUT2D eigenvalue weighted by Gasteiger charge is 2.47. The summed E-state index contributed by atoms with van der Waals surface area (Å²) < 4.78 is 0. The van der Waals surface area contributed by atoms with E-state index in [2.05, 4.69) is 11.9 Å². The molecule has 2 saturated carbocycles. The van der Waals surface area contributed by atoms with Gasteiger partial charge in [-0.25, -0.2) is 9.79 Å². The summed E-state index contributed by atoms with van der Waals surface area (Å²) in [5.74, 6) is 1.92. The molecule has 0 radical (unpaired) electrons. The van der Waals surface area contributed by atoms with Gasteiger partial charge in [0.15, 0.2) is 0 Å². The molecule has 0 amide bonds. The molecule has 2 fully saturated rings. The van der Waals surface area contributed by atoms with E-state index in [1.807, 2.05) is 0 Å². The molecule has 0 bridgehead atoms. The van der Waals surface area contributed by atoms with Crippen molar-refractivity contribution >= 4 is 6.08 Å². The zero-order valence-electron chi connectivity index (χ0n) is 8.25. The average Bonchev–Trinajstić information content (AvgIpc) is 2.39. The molecule has 72 valence electrons. The molecule has 0 unspecified atom stereocenters. The molecule has 0 saturated heterocycles. The number of hydrogen-bond acceptors (Lipinski definition) is 2. The van der Waals surface area contributed by atoms with E-state index in [1.165, 1.54) is 32.1 Å². The van der Waals surface area contributed by atoms with Crippen LogP contribution in [0.2, 0.25) is 0 Å². The minimum absolute atomic E-state index is 0.364. The molecule has 2 aliphatic carbocycles. The highest BCUT2D eigenvalue weighted by Crippen LogP contribution is 2.56. The Kier molecular flexibility index (Phi) is 2.25. The van der Waals surface area contributed by atoms with Crippen LogP contribution in [-0.4, -0.2) is 12.6 Å². The monoisotopic (exact) mass is 179 g/mol. The Balaban J connectivity index is 2.03. The number of rotatable bonds is 3. The Labute approximate surface area is 79.4 Å². The predicted molar refractivity (Wildman–Crippen MR) is 51.2 cm³/mol. The molecule has 0 aromatic heterocycles. The van der Waals surface area contributed by atoms with Crippen molar-refractivity contribution in [3.8, 4) is 0 Å². The van der Waals surface area contributed by atoms with E-state index >= 15 is 0 Å². The van der Waals surface area contributed by atoms with Gasteiger partial charge in [-0.15, -0.1) is 0 Å². The first-order valence-corrected chi connectivity index (χ1v) is 5.33. The van der Waals surface area contributed by atoms with E-state index in [1.54, 1.807) is 6.08 Å². The van der Waals surface area contributed by atoms with Crippen molar-refractivity contribution < 1.29 is 4.79 Å². The van der Waals surface area contributed by atoms with Crippen LogP contribution in [0.3, 0.4) is 0 Å². The highest BCUT2D eigenvalue weighted by atomic mass is 16.1. The number of isocyanates is 1. The second-order valence-corrected chi connectivity index (χ2v) is 4.77. The molecule has 2 nitrogen and oxygen atoms in total. The van der Waals surface area contributed by atoms with Crippen LogP contribution in [0, 0.1) is 17.3 Å². The molecular formula is C11H17NO. The first-order chi connectivity index (χ1) is 6.29. The maximum Gasteiger partial charge on any atom is 0.234 e. The molecule has 0 aromatic carbocycles. The quantitative estimate of drug-likeness (QED) is 0.483. The van der Waals surface area contributed by atoms with Crippen LogP contribution >= 0.6 is 0 Å². The summed E-state index contributed by atoms with van der Waals surface area (Å²) in [5, 5.41) is 0. The minimum Gasteiger partial charge on any atom is -0.211 e. The van der Waals surface area contributed by atoms with Crippen LogP contribution < -0.4 is 0 Å². The van der Waals surface area contributed by atoms with Crippen LogP contribution in [0.25, 0.3) is 0 Å². The van der Waals surface area contributed by atoms with E-state index < -0.39 is 0 Å². The zero-order valence-corrected chi connectivity index (χ0v) is 8.25. The lowest BCUT2D eigenvalue weighted by Gasteiger charge is -2.29. The molecule has 0 aliphatic heterocycles. The molecule has 2 rings (SSSR count). The maximum absolute atomic E-state index is 10.1. The average molecular weight is 179 g/mol. The van der Waals surface area contributed by atoms with Crippen LogP contribution in [0.5, 0.6) is 0 Å². The Morgan fingerprint density at radius 3 is 2.38 bits per heavy atom. The number of carbonyl (C=O) groups excluding carboxylic acids is 1. The first kappa shape index (κ1) is 8.96. The van der Waals surface area contributed by atoms with Crippen molar-refractivity contribution in [2.75, 3.05) is 6.54 Å². The van der Waals surface area contributed by atoms with Gasteiger partial charge < -0.3 is 0 Å². The SMILES string of the molecule is CC[C@@]1(CN=C=O)C[C@H]2CC[C@H]2C1. The molecule has 0 heterocycles. The van der Waals surface area contributed by atoms with E-state index in [0.29, 0.717) is 5.41 Å². The van der Waals surface area contributed by atoms with Gasteiger partial charge in [0.1, 0.15) is 0 Å². The first-order valence-electron chi connectivity index (χ1n) is 5.33. The Hall–Kier alpha value is -0.620. The molecular weight excluding hydrogens is 162 g/mol. The van der Waals surface area contributed by atoms with E-state index in [4.69, 9.17) is 0 Å². The van der Waals surface area contributed by atoms with Crippen LogP contribution in [0.1, 0.15) is 39.0 Å². The molecule has 0 N–H and O–H groups in total. The van der Waals surface area contributed by atoms with Crippen LogP contribution in [-0.2, 0) is 4.79 Å². The lowest BCUT2D eigenvalue weighted by atomic mass is 9.77. The molecule has 13 heavy (non-hydrogen) atoms. The summed E-state index contributed by atoms with van der Waals surface area (Å²) in [5.41, 5.74) is 0.364.